The molecule has 0 unspecified atom stereocenters. The van der Waals surface area contributed by atoms with Gasteiger partial charge >= 0.3 is 0 Å². The third kappa shape index (κ3) is 4.17. The molecule has 0 spiro atoms. The van der Waals surface area contributed by atoms with Gasteiger partial charge in [0.25, 0.3) is 0 Å². The molecule has 10 rings (SSSR count). The topological polar surface area (TPSA) is 64.7 Å². The molecule has 47 heavy (non-hydrogen) atoms. The maximum absolute atomic E-state index is 6.34. The van der Waals surface area contributed by atoms with Gasteiger partial charge < -0.3 is 4.42 Å². The molecular weight excluding hydrogens is 576 g/mol. The van der Waals surface area contributed by atoms with Crippen LogP contribution in [0.4, 0.5) is 0 Å². The molecule has 0 N–H and O–H groups in total. The molecule has 0 bridgehead atoms. The molecule has 7 aromatic carbocycles. The smallest absolute Gasteiger partial charge is 0.164 e. The van der Waals surface area contributed by atoms with E-state index < -0.39 is 0 Å². The number of benzene rings is 7. The maximum atomic E-state index is 6.34. The van der Waals surface area contributed by atoms with Gasteiger partial charge in [-0.1, -0.05) is 103 Å². The zero-order chi connectivity index (χ0) is 30.9. The van der Waals surface area contributed by atoms with Crippen molar-refractivity contribution in [3.8, 4) is 34.2 Å². The Morgan fingerprint density at radius 3 is 1.77 bits per heavy atom. The van der Waals surface area contributed by atoms with Gasteiger partial charge in [-0.05, 0) is 68.0 Å². The Hall–Kier alpha value is -6.46. The van der Waals surface area contributed by atoms with E-state index in [2.05, 4.69) is 132 Å². The van der Waals surface area contributed by atoms with Crippen molar-refractivity contribution in [2.24, 2.45) is 0 Å². The van der Waals surface area contributed by atoms with Crippen molar-refractivity contribution in [3.63, 3.8) is 0 Å². The van der Waals surface area contributed by atoms with Crippen LogP contribution in [0.3, 0.4) is 0 Å². The fraction of sp³-hybridized carbons (Fsp3) is 0. The molecule has 3 heterocycles. The van der Waals surface area contributed by atoms with Crippen LogP contribution < -0.4 is 0 Å². The highest BCUT2D eigenvalue weighted by Gasteiger charge is 2.16. The van der Waals surface area contributed by atoms with E-state index in [1.54, 1.807) is 12.4 Å². The summed E-state index contributed by atoms with van der Waals surface area (Å²) < 4.78 is 6.34. The van der Waals surface area contributed by atoms with Crippen LogP contribution in [0, 0.1) is 0 Å². The minimum atomic E-state index is 0.605. The third-order valence-corrected chi connectivity index (χ3v) is 9.16. The standard InChI is InChI=1S/C42H24N4O/c1-2-7-28-21-30(13-9-25(28)5-1)40-44-41(31-16-17-34-29(22-31)12-10-26-6-3-4-8-33(26)34)46-42(45-40)32-14-11-27-15-18-36-35-19-20-43-24-38(35)47-39(36)37(27)23-32/h1-24H. The summed E-state index contributed by atoms with van der Waals surface area (Å²) >= 11 is 0. The fourth-order valence-corrected chi connectivity index (χ4v) is 6.79. The van der Waals surface area contributed by atoms with Crippen LogP contribution in [0.1, 0.15) is 0 Å². The normalized spacial score (nSPS) is 11.8. The number of aromatic nitrogens is 4. The van der Waals surface area contributed by atoms with E-state index in [0.717, 1.165) is 60.2 Å². The fourth-order valence-electron chi connectivity index (χ4n) is 6.79. The van der Waals surface area contributed by atoms with Gasteiger partial charge in [-0.3, -0.25) is 4.98 Å². The van der Waals surface area contributed by atoms with E-state index in [1.807, 2.05) is 6.07 Å². The Kier molecular flexibility index (Phi) is 5.51. The van der Waals surface area contributed by atoms with Crippen molar-refractivity contribution in [1.29, 1.82) is 0 Å². The summed E-state index contributed by atoms with van der Waals surface area (Å²) in [5, 5.41) is 11.3. The Morgan fingerprint density at radius 2 is 0.936 bits per heavy atom. The second kappa shape index (κ2) is 10.0. The van der Waals surface area contributed by atoms with Crippen molar-refractivity contribution in [2.45, 2.75) is 0 Å². The first-order valence-electron chi connectivity index (χ1n) is 15.6. The molecule has 5 nitrogen and oxygen atoms in total. The van der Waals surface area contributed by atoms with E-state index in [-0.39, 0.29) is 0 Å². The Labute approximate surface area is 268 Å². The van der Waals surface area contributed by atoms with Gasteiger partial charge in [0.1, 0.15) is 5.58 Å². The number of fused-ring (bicyclic) bond motifs is 9. The molecule has 10 aromatic rings. The molecule has 0 amide bonds. The van der Waals surface area contributed by atoms with Gasteiger partial charge in [0.2, 0.25) is 0 Å². The lowest BCUT2D eigenvalue weighted by Crippen LogP contribution is -2.00. The minimum absolute atomic E-state index is 0.605. The van der Waals surface area contributed by atoms with E-state index >= 15 is 0 Å². The average Bonchev–Trinajstić information content (AvgIpc) is 3.53. The number of rotatable bonds is 3. The Morgan fingerprint density at radius 1 is 0.383 bits per heavy atom. The van der Waals surface area contributed by atoms with Gasteiger partial charge in [-0.25, -0.2) is 15.0 Å². The second-order valence-corrected chi connectivity index (χ2v) is 11.9. The first kappa shape index (κ1) is 25.8. The maximum Gasteiger partial charge on any atom is 0.164 e. The van der Waals surface area contributed by atoms with Gasteiger partial charge in [0, 0.05) is 39.0 Å². The predicted octanol–water partition coefficient (Wildman–Crippen LogP) is 10.8. The lowest BCUT2D eigenvalue weighted by atomic mass is 10.00. The van der Waals surface area contributed by atoms with Crippen LogP contribution in [-0.4, -0.2) is 19.9 Å². The number of hydrogen-bond donors (Lipinski definition) is 0. The average molecular weight is 601 g/mol. The summed E-state index contributed by atoms with van der Waals surface area (Å²) in [6.45, 7) is 0. The zero-order valence-corrected chi connectivity index (χ0v) is 25.1. The van der Waals surface area contributed by atoms with E-state index in [0.29, 0.717) is 17.5 Å². The molecule has 5 heteroatoms. The van der Waals surface area contributed by atoms with Gasteiger partial charge in [-0.15, -0.1) is 0 Å². The molecule has 0 saturated heterocycles. The Balaban J connectivity index is 1.19. The molecule has 3 aromatic heterocycles. The van der Waals surface area contributed by atoms with Crippen molar-refractivity contribution in [3.05, 3.63) is 146 Å². The molecule has 0 radical (unpaired) electrons. The van der Waals surface area contributed by atoms with Crippen molar-refractivity contribution < 1.29 is 4.42 Å². The number of furan rings is 1. The first-order valence-corrected chi connectivity index (χ1v) is 15.6. The SMILES string of the molecule is c1ccc2cc(-c3nc(-c4ccc5c(ccc6ccccc65)c4)nc(-c4ccc5ccc6c7ccncc7oc6c5c4)n3)ccc2c1. The summed E-state index contributed by atoms with van der Waals surface area (Å²) in [4.78, 5) is 19.5. The third-order valence-electron chi connectivity index (χ3n) is 9.16. The van der Waals surface area contributed by atoms with E-state index in [1.165, 1.54) is 21.5 Å². The highest BCUT2D eigenvalue weighted by atomic mass is 16.3. The van der Waals surface area contributed by atoms with E-state index in [9.17, 15) is 0 Å². The highest BCUT2D eigenvalue weighted by Crippen LogP contribution is 2.36. The lowest BCUT2D eigenvalue weighted by molar-refractivity contribution is 0.670. The molecule has 0 aliphatic carbocycles. The van der Waals surface area contributed by atoms with Crippen molar-refractivity contribution >= 4 is 65.0 Å². The monoisotopic (exact) mass is 600 g/mol. The molecule has 0 aliphatic heterocycles. The van der Waals surface area contributed by atoms with E-state index in [4.69, 9.17) is 19.4 Å². The Bertz CT molecular complexity index is 2870. The van der Waals surface area contributed by atoms with Crippen LogP contribution in [0.5, 0.6) is 0 Å². The number of hydrogen-bond acceptors (Lipinski definition) is 5. The van der Waals surface area contributed by atoms with Crippen molar-refractivity contribution in [2.75, 3.05) is 0 Å². The zero-order valence-electron chi connectivity index (χ0n) is 25.1. The minimum Gasteiger partial charge on any atom is -0.454 e. The summed E-state index contributed by atoms with van der Waals surface area (Å²) in [5.41, 5.74) is 4.37. The van der Waals surface area contributed by atoms with Crippen LogP contribution in [0.2, 0.25) is 0 Å². The summed E-state index contributed by atoms with van der Waals surface area (Å²) in [7, 11) is 0. The predicted molar refractivity (Wildman–Crippen MR) is 191 cm³/mol. The second-order valence-electron chi connectivity index (χ2n) is 11.9. The summed E-state index contributed by atoms with van der Waals surface area (Å²) in [6, 6.07) is 46.6. The van der Waals surface area contributed by atoms with Crippen LogP contribution in [0.15, 0.2) is 150 Å². The van der Waals surface area contributed by atoms with Crippen molar-refractivity contribution in [1.82, 2.24) is 19.9 Å². The number of pyridine rings is 1. The largest absolute Gasteiger partial charge is 0.454 e. The quantitative estimate of drug-likeness (QED) is 0.189. The van der Waals surface area contributed by atoms with Gasteiger partial charge in [0.05, 0.1) is 6.20 Å². The van der Waals surface area contributed by atoms with Crippen LogP contribution in [0.25, 0.3) is 99.2 Å². The molecular formula is C42H24N4O. The summed E-state index contributed by atoms with van der Waals surface area (Å²) in [5.74, 6) is 1.86. The molecule has 0 aliphatic rings. The highest BCUT2D eigenvalue weighted by molar-refractivity contribution is 6.15. The molecule has 0 fully saturated rings. The first-order chi connectivity index (χ1) is 23.2. The molecule has 218 valence electrons. The molecule has 0 atom stereocenters. The van der Waals surface area contributed by atoms with Gasteiger partial charge in [0.15, 0.2) is 23.1 Å². The van der Waals surface area contributed by atoms with Crippen LogP contribution in [-0.2, 0) is 0 Å². The van der Waals surface area contributed by atoms with Crippen LogP contribution >= 0.6 is 0 Å². The summed E-state index contributed by atoms with van der Waals surface area (Å²) in [6.07, 6.45) is 3.57. The number of nitrogens with zero attached hydrogens (tertiary/aromatic N) is 4. The lowest BCUT2D eigenvalue weighted by Gasteiger charge is -2.11. The molecule has 0 saturated carbocycles. The van der Waals surface area contributed by atoms with Gasteiger partial charge in [-0.2, -0.15) is 0 Å².